The van der Waals surface area contributed by atoms with Crippen molar-refractivity contribution in [1.29, 1.82) is 0 Å². The van der Waals surface area contributed by atoms with Crippen LogP contribution in [0.2, 0.25) is 0 Å². The largest absolute Gasteiger partial charge is 0.475 e. The molecule has 0 amide bonds. The molecule has 0 bridgehead atoms. The molecule has 2 unspecified atom stereocenters. The second-order valence-corrected chi connectivity index (χ2v) is 5.02. The zero-order valence-corrected chi connectivity index (χ0v) is 11.9. The lowest BCUT2D eigenvalue weighted by molar-refractivity contribution is 0.0657. The van der Waals surface area contributed by atoms with Crippen LogP contribution >= 0.6 is 0 Å². The van der Waals surface area contributed by atoms with E-state index in [1.54, 1.807) is 6.20 Å². The molecule has 4 nitrogen and oxygen atoms in total. The van der Waals surface area contributed by atoms with Crippen molar-refractivity contribution >= 4 is 0 Å². The molecule has 1 aliphatic heterocycles. The lowest BCUT2D eigenvalue weighted by atomic mass is 10.1. The Morgan fingerprint density at radius 1 is 1.58 bits per heavy atom. The first-order valence-corrected chi connectivity index (χ1v) is 7.24. The van der Waals surface area contributed by atoms with Crippen LogP contribution in [0.15, 0.2) is 18.3 Å². The number of nitrogens with one attached hydrogen (secondary N) is 1. The zero-order valence-electron chi connectivity index (χ0n) is 11.9. The Kier molecular flexibility index (Phi) is 5.61. The van der Waals surface area contributed by atoms with E-state index in [1.165, 1.54) is 0 Å². The van der Waals surface area contributed by atoms with E-state index in [9.17, 15) is 0 Å². The van der Waals surface area contributed by atoms with Gasteiger partial charge in [-0.05, 0) is 38.8 Å². The molecular formula is C15H24N2O2. The third-order valence-corrected chi connectivity index (χ3v) is 3.40. The van der Waals surface area contributed by atoms with Gasteiger partial charge < -0.3 is 14.8 Å². The molecule has 1 aromatic rings. The average molecular weight is 264 g/mol. The van der Waals surface area contributed by atoms with Gasteiger partial charge in [0.25, 0.3) is 0 Å². The summed E-state index contributed by atoms with van der Waals surface area (Å²) in [6.45, 7) is 6.77. The van der Waals surface area contributed by atoms with Crippen molar-refractivity contribution in [3.8, 4) is 5.88 Å². The first-order chi connectivity index (χ1) is 9.31. The predicted octanol–water partition coefficient (Wildman–Crippen LogP) is 2.70. The Bertz CT molecular complexity index is 378. The standard InChI is InChI=1S/C15H24N2O2/c1-3-8-16-12(2)14-7-4-9-17-15(14)19-11-13-6-5-10-18-13/h4,7,9,12-13,16H,3,5-6,8,10-11H2,1-2H3. The van der Waals surface area contributed by atoms with Crippen molar-refractivity contribution in [2.24, 2.45) is 0 Å². The van der Waals surface area contributed by atoms with Crippen LogP contribution in [0.3, 0.4) is 0 Å². The van der Waals surface area contributed by atoms with E-state index in [2.05, 4.69) is 30.2 Å². The topological polar surface area (TPSA) is 43.4 Å². The molecule has 106 valence electrons. The Morgan fingerprint density at radius 3 is 3.21 bits per heavy atom. The minimum absolute atomic E-state index is 0.230. The van der Waals surface area contributed by atoms with Gasteiger partial charge >= 0.3 is 0 Å². The maximum absolute atomic E-state index is 5.85. The van der Waals surface area contributed by atoms with Gasteiger partial charge in [-0.2, -0.15) is 0 Å². The number of nitrogens with zero attached hydrogens (tertiary/aromatic N) is 1. The Balaban J connectivity index is 1.94. The number of rotatable bonds is 7. The van der Waals surface area contributed by atoms with Gasteiger partial charge in [0.05, 0.1) is 6.10 Å². The number of hydrogen-bond acceptors (Lipinski definition) is 4. The molecule has 1 fully saturated rings. The molecule has 1 aliphatic rings. The van der Waals surface area contributed by atoms with E-state index in [-0.39, 0.29) is 12.1 Å². The second kappa shape index (κ2) is 7.46. The quantitative estimate of drug-likeness (QED) is 0.822. The average Bonchev–Trinajstić information content (AvgIpc) is 2.96. The van der Waals surface area contributed by atoms with Crippen molar-refractivity contribution in [3.63, 3.8) is 0 Å². The van der Waals surface area contributed by atoms with Gasteiger partial charge in [-0.3, -0.25) is 0 Å². The summed E-state index contributed by atoms with van der Waals surface area (Å²) in [7, 11) is 0. The first kappa shape index (κ1) is 14.3. The maximum Gasteiger partial charge on any atom is 0.218 e. The van der Waals surface area contributed by atoms with E-state index >= 15 is 0 Å². The van der Waals surface area contributed by atoms with E-state index in [4.69, 9.17) is 9.47 Å². The molecule has 0 aliphatic carbocycles. The van der Waals surface area contributed by atoms with Crippen LogP contribution in [0, 0.1) is 0 Å². The van der Waals surface area contributed by atoms with Crippen LogP contribution in [0.5, 0.6) is 5.88 Å². The van der Waals surface area contributed by atoms with E-state index in [0.717, 1.165) is 43.9 Å². The highest BCUT2D eigenvalue weighted by Crippen LogP contribution is 2.23. The predicted molar refractivity (Wildman–Crippen MR) is 75.4 cm³/mol. The van der Waals surface area contributed by atoms with Crippen LogP contribution in [-0.2, 0) is 4.74 Å². The molecule has 1 N–H and O–H groups in total. The third kappa shape index (κ3) is 4.18. The van der Waals surface area contributed by atoms with Gasteiger partial charge in [-0.15, -0.1) is 0 Å². The summed E-state index contributed by atoms with van der Waals surface area (Å²) in [5, 5.41) is 3.47. The van der Waals surface area contributed by atoms with Gasteiger partial charge in [-0.1, -0.05) is 13.0 Å². The molecule has 2 heterocycles. The van der Waals surface area contributed by atoms with Crippen molar-refractivity contribution in [1.82, 2.24) is 10.3 Å². The fourth-order valence-corrected chi connectivity index (χ4v) is 2.27. The molecule has 0 aromatic carbocycles. The van der Waals surface area contributed by atoms with Crippen LogP contribution in [0.25, 0.3) is 0 Å². The molecule has 1 saturated heterocycles. The highest BCUT2D eigenvalue weighted by Gasteiger charge is 2.18. The van der Waals surface area contributed by atoms with E-state index < -0.39 is 0 Å². The molecule has 2 atom stereocenters. The fourth-order valence-electron chi connectivity index (χ4n) is 2.27. The van der Waals surface area contributed by atoms with Crippen LogP contribution in [0.1, 0.15) is 44.7 Å². The summed E-state index contributed by atoms with van der Waals surface area (Å²) < 4.78 is 11.4. The van der Waals surface area contributed by atoms with Crippen molar-refractivity contribution < 1.29 is 9.47 Å². The first-order valence-electron chi connectivity index (χ1n) is 7.24. The molecule has 1 aromatic heterocycles. The Labute approximate surface area is 115 Å². The Hall–Kier alpha value is -1.13. The van der Waals surface area contributed by atoms with Crippen molar-refractivity contribution in [3.05, 3.63) is 23.9 Å². The fraction of sp³-hybridized carbons (Fsp3) is 0.667. The summed E-state index contributed by atoms with van der Waals surface area (Å²) in [5.74, 6) is 0.731. The van der Waals surface area contributed by atoms with Crippen molar-refractivity contribution in [2.75, 3.05) is 19.8 Å². The van der Waals surface area contributed by atoms with Crippen molar-refractivity contribution in [2.45, 2.75) is 45.3 Å². The van der Waals surface area contributed by atoms with Gasteiger partial charge in [0.2, 0.25) is 5.88 Å². The minimum atomic E-state index is 0.230. The van der Waals surface area contributed by atoms with Gasteiger partial charge in [-0.25, -0.2) is 4.98 Å². The van der Waals surface area contributed by atoms with Crippen LogP contribution in [-0.4, -0.2) is 30.8 Å². The summed E-state index contributed by atoms with van der Waals surface area (Å²) in [4.78, 5) is 4.35. The highest BCUT2D eigenvalue weighted by atomic mass is 16.5. The summed E-state index contributed by atoms with van der Waals surface area (Å²) in [6, 6.07) is 4.29. The molecule has 0 spiro atoms. The highest BCUT2D eigenvalue weighted by molar-refractivity contribution is 5.28. The van der Waals surface area contributed by atoms with E-state index in [0.29, 0.717) is 6.61 Å². The van der Waals surface area contributed by atoms with Crippen LogP contribution < -0.4 is 10.1 Å². The van der Waals surface area contributed by atoms with Gasteiger partial charge in [0.15, 0.2) is 0 Å². The molecular weight excluding hydrogens is 240 g/mol. The van der Waals surface area contributed by atoms with Gasteiger partial charge in [0, 0.05) is 24.4 Å². The van der Waals surface area contributed by atoms with Gasteiger partial charge in [0.1, 0.15) is 6.61 Å². The number of pyridine rings is 1. The minimum Gasteiger partial charge on any atom is -0.475 e. The number of ether oxygens (including phenoxy) is 2. The normalized spacial score (nSPS) is 20.4. The smallest absolute Gasteiger partial charge is 0.218 e. The van der Waals surface area contributed by atoms with Crippen LogP contribution in [0.4, 0.5) is 0 Å². The third-order valence-electron chi connectivity index (χ3n) is 3.40. The maximum atomic E-state index is 5.85. The molecule has 0 radical (unpaired) electrons. The molecule has 0 saturated carbocycles. The summed E-state index contributed by atoms with van der Waals surface area (Å²) in [5.41, 5.74) is 1.12. The number of hydrogen-bond donors (Lipinski definition) is 1. The SMILES string of the molecule is CCCNC(C)c1cccnc1OCC1CCCO1. The van der Waals surface area contributed by atoms with E-state index in [1.807, 2.05) is 6.07 Å². The Morgan fingerprint density at radius 2 is 2.47 bits per heavy atom. The summed E-state index contributed by atoms with van der Waals surface area (Å²) in [6.07, 6.45) is 5.36. The summed E-state index contributed by atoms with van der Waals surface area (Å²) >= 11 is 0. The lowest BCUT2D eigenvalue weighted by Crippen LogP contribution is -2.22. The molecule has 19 heavy (non-hydrogen) atoms. The second-order valence-electron chi connectivity index (χ2n) is 5.02. The zero-order chi connectivity index (χ0) is 13.5. The number of aromatic nitrogens is 1. The lowest BCUT2D eigenvalue weighted by Gasteiger charge is -2.18. The monoisotopic (exact) mass is 264 g/mol. The molecule has 2 rings (SSSR count). The molecule has 4 heteroatoms.